The van der Waals surface area contributed by atoms with Crippen LogP contribution in [0.3, 0.4) is 0 Å². The quantitative estimate of drug-likeness (QED) is 0.127. The maximum atomic E-state index is 3.69. The third kappa shape index (κ3) is 9.98. The molecule has 4 rings (SSSR count). The van der Waals surface area contributed by atoms with Crippen molar-refractivity contribution in [3.8, 4) is 0 Å². The lowest BCUT2D eigenvalue weighted by atomic mass is 10.1. The van der Waals surface area contributed by atoms with Crippen LogP contribution in [0.15, 0.2) is 57.5 Å². The van der Waals surface area contributed by atoms with Crippen molar-refractivity contribution in [2.24, 2.45) is 0 Å². The lowest BCUT2D eigenvalue weighted by molar-refractivity contribution is 0.678. The Morgan fingerprint density at radius 1 is 0.435 bits per heavy atom. The molecule has 4 heteroatoms. The van der Waals surface area contributed by atoms with Crippen LogP contribution in [0.4, 0.5) is 11.4 Å². The number of hydrogen-bond acceptors (Lipinski definition) is 2. The largest absolute Gasteiger partial charge is 0.372 e. The van der Waals surface area contributed by atoms with Gasteiger partial charge < -0.3 is 9.80 Å². The molecule has 0 bridgehead atoms. The van der Waals surface area contributed by atoms with Crippen molar-refractivity contribution >= 4 is 75.6 Å². The number of nitrogens with zero attached hydrogens (tertiary/aromatic N) is 2. The van der Waals surface area contributed by atoms with Gasteiger partial charge in [0.2, 0.25) is 0 Å². The normalized spacial score (nSPS) is 10.3. The van der Waals surface area contributed by atoms with Crippen LogP contribution in [-0.4, -0.2) is 26.2 Å². The summed E-state index contributed by atoms with van der Waals surface area (Å²) < 4.78 is 1.89. The second kappa shape index (κ2) is 18.6. The topological polar surface area (TPSA) is 6.48 Å². The van der Waals surface area contributed by atoms with Gasteiger partial charge in [0.05, 0.1) is 0 Å². The van der Waals surface area contributed by atoms with Crippen LogP contribution < -0.4 is 9.80 Å². The van der Waals surface area contributed by atoms with E-state index in [0.29, 0.717) is 0 Å². The van der Waals surface area contributed by atoms with Gasteiger partial charge in [-0.05, 0) is 118 Å². The van der Waals surface area contributed by atoms with Crippen molar-refractivity contribution in [2.45, 2.75) is 79.1 Å². The molecule has 0 spiro atoms. The Kier molecular flexibility index (Phi) is 14.3. The molecule has 0 aliphatic heterocycles. The van der Waals surface area contributed by atoms with Crippen molar-refractivity contribution < 1.29 is 0 Å². The summed E-state index contributed by atoms with van der Waals surface area (Å²) in [6.45, 7) is 13.1. The standard InChI is InChI=1S/C42H44Br2N2/c1-5-9-25-45(26-10-6-2)39-23-21-33-15-13-14-16-34-22-24-40(46(27-11-7-3)28-12-8-4)30-36(34)18-20-38-32-42(44)41(43)31-37(38)19-17-35(33)29-39/h21-24,29-32H,5-12,25-28H2,1-4H3. The predicted molar refractivity (Wildman–Crippen MR) is 204 cm³/mol. The summed E-state index contributed by atoms with van der Waals surface area (Å²) in [5, 5.41) is 5.32. The fraction of sp³-hybridized carbons (Fsp3) is 0.381. The highest BCUT2D eigenvalue weighted by molar-refractivity contribution is 9.13. The first kappa shape index (κ1) is 35.3. The summed E-state index contributed by atoms with van der Waals surface area (Å²) in [5.74, 6) is 0. The molecule has 236 valence electrons. The SMILES string of the molecule is CCCCN(CCCC)c1ccc2c#cc#cc3ccc(N(CCCC)CCCC)cc3c#cc3cc(Br)c(Br)cc3c#cc2c1. The molecule has 0 N–H and O–H groups in total. The van der Waals surface area contributed by atoms with Crippen LogP contribution in [0.25, 0.3) is 32.3 Å². The fourth-order valence-electron chi connectivity index (χ4n) is 5.24. The summed E-state index contributed by atoms with van der Waals surface area (Å²) in [5.41, 5.74) is 2.38. The molecule has 0 atom stereocenters. The van der Waals surface area contributed by atoms with E-state index >= 15 is 0 Å². The van der Waals surface area contributed by atoms with E-state index in [2.05, 4.69) is 154 Å². The minimum Gasteiger partial charge on any atom is -0.372 e. The Labute approximate surface area is 295 Å². The van der Waals surface area contributed by atoms with Crippen molar-refractivity contribution in [3.05, 3.63) is 106 Å². The molecule has 0 aliphatic rings. The Bertz CT molecular complexity index is 1560. The average molecular weight is 737 g/mol. The van der Waals surface area contributed by atoms with Crippen LogP contribution in [0.1, 0.15) is 79.1 Å². The molecule has 2 nitrogen and oxygen atoms in total. The highest BCUT2D eigenvalue weighted by Crippen LogP contribution is 2.27. The van der Waals surface area contributed by atoms with E-state index in [1.807, 2.05) is 12.1 Å². The second-order valence-electron chi connectivity index (χ2n) is 11.7. The van der Waals surface area contributed by atoms with E-state index in [-0.39, 0.29) is 0 Å². The van der Waals surface area contributed by atoms with E-state index in [1.165, 1.54) is 37.1 Å². The van der Waals surface area contributed by atoms with Crippen LogP contribution in [0, 0.1) is 48.5 Å². The smallest absolute Gasteiger partial charge is 0.0426 e. The maximum Gasteiger partial charge on any atom is 0.0426 e. The molecule has 0 saturated carbocycles. The minimum absolute atomic E-state index is 0.870. The zero-order valence-corrected chi connectivity index (χ0v) is 30.9. The Hall–Kier alpha value is -3.54. The zero-order chi connectivity index (χ0) is 32.7. The molecule has 0 aliphatic carbocycles. The molecule has 0 radical (unpaired) electrons. The van der Waals surface area contributed by atoms with Crippen molar-refractivity contribution in [2.75, 3.05) is 36.0 Å². The van der Waals surface area contributed by atoms with Gasteiger partial charge in [-0.15, -0.1) is 0 Å². The molecule has 0 amide bonds. The third-order valence-corrected chi connectivity index (χ3v) is 9.89. The van der Waals surface area contributed by atoms with Crippen LogP contribution >= 0.6 is 31.9 Å². The number of anilines is 2. The molecule has 0 saturated heterocycles. The van der Waals surface area contributed by atoms with Gasteiger partial charge in [0.1, 0.15) is 0 Å². The van der Waals surface area contributed by atoms with Crippen LogP contribution in [0.2, 0.25) is 0 Å². The Morgan fingerprint density at radius 2 is 0.761 bits per heavy atom. The van der Waals surface area contributed by atoms with Gasteiger partial charge in [-0.25, -0.2) is 0 Å². The van der Waals surface area contributed by atoms with Gasteiger partial charge in [0.25, 0.3) is 0 Å². The third-order valence-electron chi connectivity index (χ3n) is 8.04. The molecule has 0 unspecified atom stereocenters. The molecule has 4 aromatic carbocycles. The number of halogens is 2. The van der Waals surface area contributed by atoms with E-state index < -0.39 is 0 Å². The minimum atomic E-state index is 0.870. The molecular weight excluding hydrogens is 692 g/mol. The van der Waals surface area contributed by atoms with Crippen LogP contribution in [-0.2, 0) is 0 Å². The monoisotopic (exact) mass is 734 g/mol. The van der Waals surface area contributed by atoms with Gasteiger partial charge in [-0.3, -0.25) is 0 Å². The molecule has 46 heavy (non-hydrogen) atoms. The average Bonchev–Trinajstić information content (AvgIpc) is 3.07. The summed E-state index contributed by atoms with van der Waals surface area (Å²) in [6, 6.07) is 43.8. The van der Waals surface area contributed by atoms with Gasteiger partial charge >= 0.3 is 0 Å². The number of unbranched alkanes of at least 4 members (excludes halogenated alkanes) is 4. The summed E-state index contributed by atoms with van der Waals surface area (Å²) in [7, 11) is 0. The number of hydrogen-bond donors (Lipinski definition) is 0. The molecular formula is C42H44Br2N2. The maximum absolute atomic E-state index is 3.69. The second-order valence-corrected chi connectivity index (χ2v) is 13.4. The van der Waals surface area contributed by atoms with Crippen LogP contribution in [0.5, 0.6) is 0 Å². The first-order valence-electron chi connectivity index (χ1n) is 16.8. The molecule has 0 fully saturated rings. The Morgan fingerprint density at radius 3 is 1.09 bits per heavy atom. The number of fused-ring (bicyclic) bond motifs is 3. The lowest BCUT2D eigenvalue weighted by Crippen LogP contribution is -2.25. The van der Waals surface area contributed by atoms with E-state index in [1.54, 1.807) is 0 Å². The first-order chi connectivity index (χ1) is 22.5. The van der Waals surface area contributed by atoms with Gasteiger partial charge in [0.15, 0.2) is 0 Å². The summed E-state index contributed by atoms with van der Waals surface area (Å²) in [6.07, 6.45) is 9.32. The van der Waals surface area contributed by atoms with E-state index in [0.717, 1.165) is 93.1 Å². The van der Waals surface area contributed by atoms with E-state index in [4.69, 9.17) is 0 Å². The highest BCUT2D eigenvalue weighted by atomic mass is 79.9. The fourth-order valence-corrected chi connectivity index (χ4v) is 5.93. The van der Waals surface area contributed by atoms with Crippen molar-refractivity contribution in [1.82, 2.24) is 0 Å². The van der Waals surface area contributed by atoms with Gasteiger partial charge in [-0.1, -0.05) is 89.8 Å². The van der Waals surface area contributed by atoms with Gasteiger partial charge in [0, 0.05) is 78.8 Å². The highest BCUT2D eigenvalue weighted by Gasteiger charge is 2.08. The summed E-state index contributed by atoms with van der Waals surface area (Å²) >= 11 is 7.38. The number of rotatable bonds is 14. The first-order valence-corrected chi connectivity index (χ1v) is 18.4. The molecule has 0 aromatic heterocycles. The van der Waals surface area contributed by atoms with Crippen molar-refractivity contribution in [1.29, 1.82) is 0 Å². The molecule has 4 aromatic rings. The predicted octanol–water partition coefficient (Wildman–Crippen LogP) is 12.1. The Balaban J connectivity index is 1.94. The molecule has 0 heterocycles. The van der Waals surface area contributed by atoms with Gasteiger partial charge in [-0.2, -0.15) is 0 Å². The number of benzene rings is 3. The zero-order valence-electron chi connectivity index (χ0n) is 27.8. The summed E-state index contributed by atoms with van der Waals surface area (Å²) in [4.78, 5) is 4.97. The van der Waals surface area contributed by atoms with Crippen molar-refractivity contribution in [3.63, 3.8) is 0 Å². The van der Waals surface area contributed by atoms with E-state index in [9.17, 15) is 0 Å². The lowest BCUT2D eigenvalue weighted by Gasteiger charge is -2.24.